The van der Waals surface area contributed by atoms with Gasteiger partial charge in [0.1, 0.15) is 5.75 Å². The van der Waals surface area contributed by atoms with Gasteiger partial charge >= 0.3 is 0 Å². The van der Waals surface area contributed by atoms with Crippen molar-refractivity contribution in [1.82, 2.24) is 15.1 Å². The lowest BCUT2D eigenvalue weighted by Crippen LogP contribution is -2.53. The molecule has 27 heavy (non-hydrogen) atoms. The zero-order chi connectivity index (χ0) is 18.9. The summed E-state index contributed by atoms with van der Waals surface area (Å²) in [4.78, 5) is 9.48. The van der Waals surface area contributed by atoms with E-state index in [2.05, 4.69) is 40.9 Å². The summed E-state index contributed by atoms with van der Waals surface area (Å²) in [5.74, 6) is 2.33. The molecule has 1 atom stereocenters. The Morgan fingerprint density at radius 3 is 2.56 bits per heavy atom. The molecule has 1 aromatic carbocycles. The van der Waals surface area contributed by atoms with E-state index in [1.165, 1.54) is 0 Å². The van der Waals surface area contributed by atoms with Crippen molar-refractivity contribution in [3.8, 4) is 5.75 Å². The number of nitrogens with zero attached hydrogens (tertiary/aromatic N) is 3. The molecule has 1 unspecified atom stereocenters. The molecule has 0 aliphatic carbocycles. The minimum atomic E-state index is -0.638. The van der Waals surface area contributed by atoms with E-state index in [0.717, 1.165) is 56.5 Å². The number of benzene rings is 1. The number of ether oxygens (including phenoxy) is 1. The van der Waals surface area contributed by atoms with Crippen molar-refractivity contribution >= 4 is 29.9 Å². The molecule has 0 amide bonds. The molecule has 1 aromatic rings. The Bertz CT molecular complexity index is 575. The number of piperazine rings is 1. The maximum Gasteiger partial charge on any atom is 0.194 e. The van der Waals surface area contributed by atoms with Crippen LogP contribution in [0.3, 0.4) is 0 Å². The predicted molar refractivity (Wildman–Crippen MR) is 122 cm³/mol. The summed E-state index contributed by atoms with van der Waals surface area (Å²) in [5.41, 5.74) is 0.825. The molecular formula is C20H35IN4O2. The van der Waals surface area contributed by atoms with Crippen LogP contribution in [0.1, 0.15) is 32.4 Å². The van der Waals surface area contributed by atoms with Gasteiger partial charge in [0.05, 0.1) is 19.8 Å². The van der Waals surface area contributed by atoms with Crippen LogP contribution in [0.5, 0.6) is 5.75 Å². The highest BCUT2D eigenvalue weighted by Crippen LogP contribution is 2.19. The minimum Gasteiger partial charge on any atom is -0.497 e. The normalized spacial score (nSPS) is 16.8. The topological polar surface area (TPSA) is 60.3 Å². The maximum atomic E-state index is 10.5. The first-order chi connectivity index (χ1) is 12.5. The summed E-state index contributed by atoms with van der Waals surface area (Å²) in [6.07, 6.45) is -0.638. The predicted octanol–water partition coefficient (Wildman–Crippen LogP) is 2.59. The van der Waals surface area contributed by atoms with Crippen molar-refractivity contribution in [3.05, 3.63) is 29.8 Å². The Morgan fingerprint density at radius 1 is 1.26 bits per heavy atom. The molecule has 6 nitrogen and oxygen atoms in total. The molecule has 7 heteroatoms. The summed E-state index contributed by atoms with van der Waals surface area (Å²) < 4.78 is 5.23. The second-order valence-electron chi connectivity index (χ2n) is 7.17. The van der Waals surface area contributed by atoms with Crippen LogP contribution in [0.25, 0.3) is 0 Å². The smallest absolute Gasteiger partial charge is 0.194 e. The lowest BCUT2D eigenvalue weighted by atomic mass is 10.1. The van der Waals surface area contributed by atoms with Gasteiger partial charge in [-0.2, -0.15) is 0 Å². The molecule has 1 aliphatic heterocycles. The Hall–Kier alpha value is -1.06. The molecule has 0 saturated carbocycles. The average molecular weight is 490 g/mol. The van der Waals surface area contributed by atoms with Crippen molar-refractivity contribution in [1.29, 1.82) is 0 Å². The van der Waals surface area contributed by atoms with Crippen LogP contribution in [0, 0.1) is 5.92 Å². The zero-order valence-corrected chi connectivity index (χ0v) is 19.3. The van der Waals surface area contributed by atoms with Gasteiger partial charge in [0.2, 0.25) is 0 Å². The van der Waals surface area contributed by atoms with Gasteiger partial charge in [0, 0.05) is 39.3 Å². The van der Waals surface area contributed by atoms with E-state index in [1.54, 1.807) is 7.11 Å². The fraction of sp³-hybridized carbons (Fsp3) is 0.650. The van der Waals surface area contributed by atoms with Gasteiger partial charge < -0.3 is 20.1 Å². The molecule has 0 spiro atoms. The first-order valence-corrected chi connectivity index (χ1v) is 9.61. The number of halogens is 1. The van der Waals surface area contributed by atoms with Crippen LogP contribution in [-0.2, 0) is 0 Å². The van der Waals surface area contributed by atoms with Crippen LogP contribution in [0.15, 0.2) is 29.3 Å². The molecule has 0 radical (unpaired) electrons. The SMILES string of the molecule is CCNC(=NCC(O)c1cccc(OC)c1)N1CCN(CC(C)C)CC1.I. The molecule has 2 rings (SSSR count). The molecule has 1 aliphatic rings. The van der Waals surface area contributed by atoms with Crippen molar-refractivity contribution in [3.63, 3.8) is 0 Å². The molecule has 154 valence electrons. The van der Waals surface area contributed by atoms with E-state index in [9.17, 15) is 5.11 Å². The molecule has 1 fully saturated rings. The zero-order valence-electron chi connectivity index (χ0n) is 17.0. The third-order valence-electron chi connectivity index (χ3n) is 4.52. The number of aliphatic hydroxyl groups is 1. The number of hydrogen-bond acceptors (Lipinski definition) is 4. The Kier molecular flexibility index (Phi) is 11.0. The number of aliphatic imine (C=N–C) groups is 1. The van der Waals surface area contributed by atoms with E-state index in [1.807, 2.05) is 24.3 Å². The van der Waals surface area contributed by atoms with Crippen LogP contribution < -0.4 is 10.1 Å². The number of aliphatic hydroxyl groups excluding tert-OH is 1. The summed E-state index contributed by atoms with van der Waals surface area (Å²) in [7, 11) is 1.63. The molecule has 2 N–H and O–H groups in total. The van der Waals surface area contributed by atoms with Crippen molar-refractivity contribution in [2.45, 2.75) is 26.9 Å². The summed E-state index contributed by atoms with van der Waals surface area (Å²) in [6.45, 7) is 12.9. The third kappa shape index (κ3) is 7.83. The fourth-order valence-electron chi connectivity index (χ4n) is 3.21. The van der Waals surface area contributed by atoms with Gasteiger partial charge in [0.15, 0.2) is 5.96 Å². The molecule has 1 saturated heterocycles. The van der Waals surface area contributed by atoms with E-state index < -0.39 is 6.10 Å². The van der Waals surface area contributed by atoms with E-state index in [0.29, 0.717) is 12.5 Å². The largest absolute Gasteiger partial charge is 0.497 e. The Morgan fingerprint density at radius 2 is 1.96 bits per heavy atom. The quantitative estimate of drug-likeness (QED) is 0.350. The van der Waals surface area contributed by atoms with Crippen LogP contribution in [0.2, 0.25) is 0 Å². The minimum absolute atomic E-state index is 0. The van der Waals surface area contributed by atoms with Gasteiger partial charge in [-0.05, 0) is 30.5 Å². The van der Waals surface area contributed by atoms with Crippen LogP contribution >= 0.6 is 24.0 Å². The van der Waals surface area contributed by atoms with Gasteiger partial charge in [0.25, 0.3) is 0 Å². The van der Waals surface area contributed by atoms with Gasteiger partial charge in [-0.25, -0.2) is 0 Å². The molecule has 0 aromatic heterocycles. The summed E-state index contributed by atoms with van der Waals surface area (Å²) in [6, 6.07) is 7.53. The molecular weight excluding hydrogens is 455 g/mol. The highest BCUT2D eigenvalue weighted by molar-refractivity contribution is 14.0. The Balaban J connectivity index is 0.00000364. The maximum absolute atomic E-state index is 10.5. The monoisotopic (exact) mass is 490 g/mol. The molecule has 1 heterocycles. The van der Waals surface area contributed by atoms with E-state index >= 15 is 0 Å². The van der Waals surface area contributed by atoms with Gasteiger partial charge in [-0.1, -0.05) is 26.0 Å². The fourth-order valence-corrected chi connectivity index (χ4v) is 3.21. The molecule has 0 bridgehead atoms. The Labute approximate surface area is 181 Å². The first kappa shape index (κ1) is 24.0. The van der Waals surface area contributed by atoms with Crippen LogP contribution in [0.4, 0.5) is 0 Å². The number of nitrogens with one attached hydrogen (secondary N) is 1. The number of hydrogen-bond donors (Lipinski definition) is 2. The van der Waals surface area contributed by atoms with E-state index in [4.69, 9.17) is 4.74 Å². The number of guanidine groups is 1. The average Bonchev–Trinajstić information content (AvgIpc) is 2.65. The number of rotatable bonds is 7. The lowest BCUT2D eigenvalue weighted by molar-refractivity contribution is 0.162. The van der Waals surface area contributed by atoms with Crippen LogP contribution in [-0.4, -0.2) is 73.8 Å². The first-order valence-electron chi connectivity index (χ1n) is 9.61. The summed E-state index contributed by atoms with van der Waals surface area (Å²) >= 11 is 0. The van der Waals surface area contributed by atoms with Gasteiger partial charge in [-0.15, -0.1) is 24.0 Å². The number of methoxy groups -OCH3 is 1. The lowest BCUT2D eigenvalue weighted by Gasteiger charge is -2.37. The van der Waals surface area contributed by atoms with E-state index in [-0.39, 0.29) is 24.0 Å². The van der Waals surface area contributed by atoms with Gasteiger partial charge in [-0.3, -0.25) is 9.89 Å². The summed E-state index contributed by atoms with van der Waals surface area (Å²) in [5, 5.41) is 13.8. The van der Waals surface area contributed by atoms with Crippen molar-refractivity contribution in [2.75, 3.05) is 52.9 Å². The second-order valence-corrected chi connectivity index (χ2v) is 7.17. The standard InChI is InChI=1S/C20H34N4O2.HI/c1-5-21-20(24-11-9-23(10-12-24)15-16(2)3)22-14-19(25)17-7-6-8-18(13-17)26-4;/h6-8,13,16,19,25H,5,9-12,14-15H2,1-4H3,(H,21,22);1H. The third-order valence-corrected chi connectivity index (χ3v) is 4.52. The highest BCUT2D eigenvalue weighted by atomic mass is 127. The second kappa shape index (κ2) is 12.4. The highest BCUT2D eigenvalue weighted by Gasteiger charge is 2.20. The van der Waals surface area contributed by atoms with Crippen molar-refractivity contribution < 1.29 is 9.84 Å². The van der Waals surface area contributed by atoms with Crippen molar-refractivity contribution in [2.24, 2.45) is 10.9 Å².